The van der Waals surface area contributed by atoms with Crippen molar-refractivity contribution >= 4 is 27.0 Å². The van der Waals surface area contributed by atoms with E-state index in [2.05, 4.69) is 36.1 Å². The maximum Gasteiger partial charge on any atom is 0.213 e. The van der Waals surface area contributed by atoms with Gasteiger partial charge in [0, 0.05) is 31.4 Å². The molecule has 0 spiro atoms. The van der Waals surface area contributed by atoms with Crippen molar-refractivity contribution in [3.05, 3.63) is 63.8 Å². The molecule has 164 valence electrons. The number of hydrogen-bond donors (Lipinski definition) is 1. The highest BCUT2D eigenvalue weighted by Crippen LogP contribution is 2.22. The summed E-state index contributed by atoms with van der Waals surface area (Å²) in [6, 6.07) is 8.88. The van der Waals surface area contributed by atoms with Crippen LogP contribution in [0.25, 0.3) is 11.0 Å². The molecule has 3 aromatic rings. The Bertz CT molecular complexity index is 1030. The van der Waals surface area contributed by atoms with Crippen molar-refractivity contribution in [2.24, 2.45) is 0 Å². The number of likely N-dealkylation sites (tertiary alicyclic amines) is 1. The van der Waals surface area contributed by atoms with E-state index in [-0.39, 0.29) is 4.47 Å². The molecule has 1 saturated heterocycles. The predicted molar refractivity (Wildman–Crippen MR) is 120 cm³/mol. The molecular weight excluding hydrogens is 466 g/mol. The van der Waals surface area contributed by atoms with Gasteiger partial charge in [0.15, 0.2) is 0 Å². The van der Waals surface area contributed by atoms with Crippen LogP contribution in [0.4, 0.5) is 8.78 Å². The monoisotopic (exact) mass is 490 g/mol. The number of hydrogen-bond acceptors (Lipinski definition) is 5. The number of halogens is 3. The highest BCUT2D eigenvalue weighted by atomic mass is 79.9. The Morgan fingerprint density at radius 2 is 1.90 bits per heavy atom. The fourth-order valence-electron chi connectivity index (χ4n) is 3.99. The summed E-state index contributed by atoms with van der Waals surface area (Å²) in [5.74, 6) is -0.538. The first-order valence-corrected chi connectivity index (χ1v) is 11.2. The van der Waals surface area contributed by atoms with E-state index in [1.807, 2.05) is 24.4 Å². The second kappa shape index (κ2) is 9.97. The van der Waals surface area contributed by atoms with E-state index in [0.29, 0.717) is 24.0 Å². The molecule has 2 aromatic heterocycles. The van der Waals surface area contributed by atoms with E-state index in [1.54, 1.807) is 7.11 Å². The van der Waals surface area contributed by atoms with Crippen molar-refractivity contribution in [2.45, 2.75) is 31.8 Å². The standard InChI is InChI=1S/C23H25BrF2N4O/c1-31-21-3-2-20-23(29-21)16(4-8-27-20)5-9-30-10-6-17(7-11-30)28-14-15-12-18(25)22(24)19(26)13-15/h2-4,8,12-13,17,28H,5-7,9-11,14H2,1H3. The first kappa shape index (κ1) is 22.0. The zero-order valence-corrected chi connectivity index (χ0v) is 19.0. The lowest BCUT2D eigenvalue weighted by molar-refractivity contribution is 0.199. The number of ether oxygens (including phenoxy) is 1. The summed E-state index contributed by atoms with van der Waals surface area (Å²) in [6.07, 6.45) is 4.74. The minimum Gasteiger partial charge on any atom is -0.481 e. The molecule has 0 unspecified atom stereocenters. The number of nitrogens with one attached hydrogen (secondary N) is 1. The van der Waals surface area contributed by atoms with Crippen LogP contribution in [-0.4, -0.2) is 47.7 Å². The highest BCUT2D eigenvalue weighted by Gasteiger charge is 2.19. The van der Waals surface area contributed by atoms with Crippen molar-refractivity contribution in [2.75, 3.05) is 26.7 Å². The van der Waals surface area contributed by atoms with Crippen molar-refractivity contribution in [1.29, 1.82) is 0 Å². The third-order valence-electron chi connectivity index (χ3n) is 5.77. The van der Waals surface area contributed by atoms with Gasteiger partial charge in [-0.1, -0.05) is 0 Å². The molecule has 4 rings (SSSR count). The van der Waals surface area contributed by atoms with E-state index in [9.17, 15) is 8.78 Å². The van der Waals surface area contributed by atoms with Gasteiger partial charge in [-0.3, -0.25) is 4.98 Å². The lowest BCUT2D eigenvalue weighted by Gasteiger charge is -2.32. The lowest BCUT2D eigenvalue weighted by Crippen LogP contribution is -2.42. The predicted octanol–water partition coefficient (Wildman–Crippen LogP) is 4.48. The zero-order valence-electron chi connectivity index (χ0n) is 17.4. The number of aromatic nitrogens is 2. The van der Waals surface area contributed by atoms with Crippen molar-refractivity contribution in [3.63, 3.8) is 0 Å². The minimum atomic E-state index is -0.567. The van der Waals surface area contributed by atoms with Gasteiger partial charge in [0.1, 0.15) is 11.6 Å². The molecule has 1 fully saturated rings. The minimum absolute atomic E-state index is 0.111. The number of pyridine rings is 2. The molecule has 0 saturated carbocycles. The summed E-state index contributed by atoms with van der Waals surface area (Å²) in [6.45, 7) is 3.39. The second-order valence-electron chi connectivity index (χ2n) is 7.81. The molecule has 31 heavy (non-hydrogen) atoms. The summed E-state index contributed by atoms with van der Waals surface area (Å²) in [7, 11) is 1.62. The Morgan fingerprint density at radius 1 is 1.16 bits per heavy atom. The van der Waals surface area contributed by atoms with Crippen molar-refractivity contribution in [1.82, 2.24) is 20.2 Å². The molecule has 1 N–H and O–H groups in total. The van der Waals surface area contributed by atoms with E-state index in [1.165, 1.54) is 17.7 Å². The van der Waals surface area contributed by atoms with E-state index < -0.39 is 11.6 Å². The zero-order chi connectivity index (χ0) is 21.8. The molecule has 0 radical (unpaired) electrons. The molecule has 0 amide bonds. The van der Waals surface area contributed by atoms with Gasteiger partial charge in [-0.2, -0.15) is 0 Å². The fourth-order valence-corrected chi connectivity index (χ4v) is 4.22. The Balaban J connectivity index is 1.28. The number of piperidine rings is 1. The lowest BCUT2D eigenvalue weighted by atomic mass is 10.0. The van der Waals surface area contributed by atoms with Gasteiger partial charge in [0.05, 0.1) is 22.6 Å². The van der Waals surface area contributed by atoms with Gasteiger partial charge in [0.2, 0.25) is 5.88 Å². The summed E-state index contributed by atoms with van der Waals surface area (Å²) in [5, 5.41) is 3.44. The Hall–Kier alpha value is -2.16. The smallest absolute Gasteiger partial charge is 0.213 e. The normalized spacial score (nSPS) is 15.5. The Kier molecular flexibility index (Phi) is 7.09. The van der Waals surface area contributed by atoms with Gasteiger partial charge in [-0.05, 0) is 83.7 Å². The maximum absolute atomic E-state index is 13.7. The van der Waals surface area contributed by atoms with E-state index in [4.69, 9.17) is 4.74 Å². The number of nitrogens with zero attached hydrogens (tertiary/aromatic N) is 3. The van der Waals surface area contributed by atoms with Crippen LogP contribution >= 0.6 is 15.9 Å². The number of methoxy groups -OCH3 is 1. The topological polar surface area (TPSA) is 50.3 Å². The van der Waals surface area contributed by atoms with Crippen molar-refractivity contribution in [3.8, 4) is 5.88 Å². The summed E-state index contributed by atoms with van der Waals surface area (Å²) < 4.78 is 32.5. The highest BCUT2D eigenvalue weighted by molar-refractivity contribution is 9.10. The third-order valence-corrected chi connectivity index (χ3v) is 6.53. The molecule has 5 nitrogen and oxygen atoms in total. The van der Waals surface area contributed by atoms with Crippen LogP contribution < -0.4 is 10.1 Å². The van der Waals surface area contributed by atoms with Crippen molar-refractivity contribution < 1.29 is 13.5 Å². The SMILES string of the molecule is COc1ccc2nccc(CCN3CCC(NCc4cc(F)c(Br)c(F)c4)CC3)c2n1. The van der Waals surface area contributed by atoms with Crippen LogP contribution in [0.15, 0.2) is 41.0 Å². The molecule has 1 aromatic carbocycles. The molecule has 1 aliphatic rings. The summed E-state index contributed by atoms with van der Waals surface area (Å²) in [4.78, 5) is 11.4. The molecule has 0 aliphatic carbocycles. The first-order valence-electron chi connectivity index (χ1n) is 10.4. The molecular formula is C23H25BrF2N4O. The third kappa shape index (κ3) is 5.37. The average Bonchev–Trinajstić information content (AvgIpc) is 2.80. The van der Waals surface area contributed by atoms with Crippen LogP contribution in [0.5, 0.6) is 5.88 Å². The average molecular weight is 491 g/mol. The molecule has 1 aliphatic heterocycles. The molecule has 0 bridgehead atoms. The molecule has 8 heteroatoms. The quantitative estimate of drug-likeness (QED) is 0.495. The van der Waals surface area contributed by atoms with Gasteiger partial charge >= 0.3 is 0 Å². The van der Waals surface area contributed by atoms with Crippen LogP contribution in [-0.2, 0) is 13.0 Å². The van der Waals surface area contributed by atoms with Gasteiger partial charge in [-0.15, -0.1) is 0 Å². The Labute approximate surface area is 189 Å². The van der Waals surface area contributed by atoms with Gasteiger partial charge in [0.25, 0.3) is 0 Å². The van der Waals surface area contributed by atoms with Crippen LogP contribution in [0, 0.1) is 11.6 Å². The first-order chi connectivity index (χ1) is 15.0. The fraction of sp³-hybridized carbons (Fsp3) is 0.391. The summed E-state index contributed by atoms with van der Waals surface area (Å²) in [5.41, 5.74) is 3.56. The van der Waals surface area contributed by atoms with E-state index in [0.717, 1.165) is 49.9 Å². The number of benzene rings is 1. The molecule has 3 heterocycles. The van der Waals surface area contributed by atoms with E-state index >= 15 is 0 Å². The van der Waals surface area contributed by atoms with Crippen LogP contribution in [0.2, 0.25) is 0 Å². The van der Waals surface area contributed by atoms with Gasteiger partial charge < -0.3 is 15.0 Å². The largest absolute Gasteiger partial charge is 0.481 e. The van der Waals surface area contributed by atoms with Gasteiger partial charge in [-0.25, -0.2) is 13.8 Å². The maximum atomic E-state index is 13.7. The molecule has 0 atom stereocenters. The summed E-state index contributed by atoms with van der Waals surface area (Å²) >= 11 is 2.91. The van der Waals surface area contributed by atoms with Crippen LogP contribution in [0.3, 0.4) is 0 Å². The van der Waals surface area contributed by atoms with Crippen LogP contribution in [0.1, 0.15) is 24.0 Å². The number of fused-ring (bicyclic) bond motifs is 1. The second-order valence-corrected chi connectivity index (χ2v) is 8.60. The number of rotatable bonds is 7. The Morgan fingerprint density at radius 3 is 2.61 bits per heavy atom.